The van der Waals surface area contributed by atoms with Crippen LogP contribution in [0.5, 0.6) is 0 Å². The van der Waals surface area contributed by atoms with Crippen molar-refractivity contribution in [3.8, 4) is 5.69 Å². The van der Waals surface area contributed by atoms with Crippen LogP contribution in [0, 0.1) is 17.5 Å². The van der Waals surface area contributed by atoms with Gasteiger partial charge in [0.15, 0.2) is 17.5 Å². The van der Waals surface area contributed by atoms with E-state index in [0.717, 1.165) is 37.8 Å². The Bertz CT molecular complexity index is 595. The average molecular weight is 281 g/mol. The summed E-state index contributed by atoms with van der Waals surface area (Å²) in [4.78, 5) is 4.15. The molecule has 0 bridgehead atoms. The van der Waals surface area contributed by atoms with Crippen LogP contribution in [-0.4, -0.2) is 15.6 Å². The minimum Gasteiger partial charge on any atom is -0.353 e. The normalized spacial score (nSPS) is 15.8. The summed E-state index contributed by atoms with van der Waals surface area (Å²) < 4.78 is 41.1. The molecule has 0 amide bonds. The van der Waals surface area contributed by atoms with Crippen LogP contribution in [0.25, 0.3) is 5.69 Å². The van der Waals surface area contributed by atoms with Gasteiger partial charge in [-0.05, 0) is 12.8 Å². The van der Waals surface area contributed by atoms with Crippen molar-refractivity contribution in [2.75, 3.05) is 5.32 Å². The Labute approximate surface area is 114 Å². The Morgan fingerprint density at radius 2 is 1.75 bits per heavy atom. The summed E-state index contributed by atoms with van der Waals surface area (Å²) in [5.74, 6) is -3.36. The molecule has 1 aliphatic carbocycles. The van der Waals surface area contributed by atoms with Gasteiger partial charge in [0.1, 0.15) is 0 Å². The standard InChI is InChI=1S/C14H14F3N3/c15-11-7-10(8-12(16)13(11)17)20-6-5-18-14(20)19-9-3-1-2-4-9/h5-9H,1-4H2,(H,18,19). The highest BCUT2D eigenvalue weighted by Crippen LogP contribution is 2.24. The second-order valence-corrected chi connectivity index (χ2v) is 4.97. The first-order valence-electron chi connectivity index (χ1n) is 6.60. The molecule has 0 spiro atoms. The molecule has 1 N–H and O–H groups in total. The zero-order valence-corrected chi connectivity index (χ0v) is 10.7. The third-order valence-electron chi connectivity index (χ3n) is 3.58. The molecule has 20 heavy (non-hydrogen) atoms. The largest absolute Gasteiger partial charge is 0.353 e. The highest BCUT2D eigenvalue weighted by Gasteiger charge is 2.18. The maximum absolute atomic E-state index is 13.3. The lowest BCUT2D eigenvalue weighted by molar-refractivity contribution is 0.446. The van der Waals surface area contributed by atoms with Crippen LogP contribution in [0.15, 0.2) is 24.5 Å². The molecule has 0 saturated heterocycles. The molecule has 1 heterocycles. The maximum Gasteiger partial charge on any atom is 0.207 e. The summed E-state index contributed by atoms with van der Waals surface area (Å²) in [7, 11) is 0. The molecule has 2 aromatic rings. The number of nitrogens with one attached hydrogen (secondary N) is 1. The number of nitrogens with zero attached hydrogens (tertiary/aromatic N) is 2. The third-order valence-corrected chi connectivity index (χ3v) is 3.58. The average Bonchev–Trinajstić information content (AvgIpc) is 3.07. The summed E-state index contributed by atoms with van der Waals surface area (Å²) >= 11 is 0. The molecule has 0 radical (unpaired) electrons. The van der Waals surface area contributed by atoms with Gasteiger partial charge >= 0.3 is 0 Å². The van der Waals surface area contributed by atoms with Crippen LogP contribution < -0.4 is 5.32 Å². The fraction of sp³-hybridized carbons (Fsp3) is 0.357. The number of halogens is 3. The fourth-order valence-electron chi connectivity index (χ4n) is 2.55. The van der Waals surface area contributed by atoms with Crippen LogP contribution >= 0.6 is 0 Å². The van der Waals surface area contributed by atoms with Gasteiger partial charge in [0.25, 0.3) is 0 Å². The SMILES string of the molecule is Fc1cc(-n2ccnc2NC2CCCC2)cc(F)c1F. The smallest absolute Gasteiger partial charge is 0.207 e. The van der Waals surface area contributed by atoms with Gasteiger partial charge in [0, 0.05) is 30.6 Å². The maximum atomic E-state index is 13.3. The van der Waals surface area contributed by atoms with Gasteiger partial charge in [-0.3, -0.25) is 4.57 Å². The number of imidazole rings is 1. The Balaban J connectivity index is 1.92. The molecule has 1 aromatic carbocycles. The summed E-state index contributed by atoms with van der Waals surface area (Å²) in [5.41, 5.74) is 0.208. The molecule has 1 fully saturated rings. The monoisotopic (exact) mass is 281 g/mol. The van der Waals surface area contributed by atoms with Crippen LogP contribution in [-0.2, 0) is 0 Å². The molecule has 1 aliphatic rings. The molecular weight excluding hydrogens is 267 g/mol. The lowest BCUT2D eigenvalue weighted by atomic mass is 10.2. The predicted octanol–water partition coefficient (Wildman–Crippen LogP) is 3.64. The first-order valence-corrected chi connectivity index (χ1v) is 6.60. The van der Waals surface area contributed by atoms with Gasteiger partial charge in [-0.2, -0.15) is 0 Å². The molecule has 0 atom stereocenters. The van der Waals surface area contributed by atoms with Crippen molar-refractivity contribution in [2.45, 2.75) is 31.7 Å². The summed E-state index contributed by atoms with van der Waals surface area (Å²) in [6.07, 6.45) is 7.56. The Morgan fingerprint density at radius 1 is 1.10 bits per heavy atom. The number of hydrogen-bond acceptors (Lipinski definition) is 2. The van der Waals surface area contributed by atoms with Gasteiger partial charge in [0.05, 0.1) is 5.69 Å². The van der Waals surface area contributed by atoms with Crippen LogP contribution in [0.2, 0.25) is 0 Å². The van der Waals surface area contributed by atoms with E-state index in [2.05, 4.69) is 10.3 Å². The second kappa shape index (κ2) is 5.19. The van der Waals surface area contributed by atoms with Crippen LogP contribution in [0.1, 0.15) is 25.7 Å². The van der Waals surface area contributed by atoms with Gasteiger partial charge in [0.2, 0.25) is 5.95 Å². The number of aromatic nitrogens is 2. The molecule has 0 unspecified atom stereocenters. The van der Waals surface area contributed by atoms with E-state index in [1.807, 2.05) is 0 Å². The van der Waals surface area contributed by atoms with E-state index in [-0.39, 0.29) is 5.69 Å². The van der Waals surface area contributed by atoms with Gasteiger partial charge in [-0.25, -0.2) is 18.2 Å². The summed E-state index contributed by atoms with van der Waals surface area (Å²) in [5, 5.41) is 3.25. The first kappa shape index (κ1) is 13.0. The molecule has 3 nitrogen and oxygen atoms in total. The number of anilines is 1. The lowest BCUT2D eigenvalue weighted by Gasteiger charge is -2.15. The number of benzene rings is 1. The van der Waals surface area contributed by atoms with Crippen molar-refractivity contribution < 1.29 is 13.2 Å². The Hall–Kier alpha value is -1.98. The highest BCUT2D eigenvalue weighted by atomic mass is 19.2. The molecule has 6 heteroatoms. The molecular formula is C14H14F3N3. The highest BCUT2D eigenvalue weighted by molar-refractivity contribution is 5.43. The Kier molecular flexibility index (Phi) is 3.38. The minimum atomic E-state index is -1.46. The topological polar surface area (TPSA) is 29.9 Å². The van der Waals surface area contributed by atoms with Crippen molar-refractivity contribution in [3.63, 3.8) is 0 Å². The van der Waals surface area contributed by atoms with E-state index in [4.69, 9.17) is 0 Å². The molecule has 1 aromatic heterocycles. The van der Waals surface area contributed by atoms with Crippen molar-refractivity contribution in [1.82, 2.24) is 9.55 Å². The van der Waals surface area contributed by atoms with Gasteiger partial charge < -0.3 is 5.32 Å². The zero-order valence-electron chi connectivity index (χ0n) is 10.7. The second-order valence-electron chi connectivity index (χ2n) is 4.97. The van der Waals surface area contributed by atoms with E-state index in [0.29, 0.717) is 12.0 Å². The lowest BCUT2D eigenvalue weighted by Crippen LogP contribution is -2.17. The molecule has 106 valence electrons. The molecule has 3 rings (SSSR count). The van der Waals surface area contributed by atoms with Crippen molar-refractivity contribution in [3.05, 3.63) is 42.0 Å². The molecule has 0 aliphatic heterocycles. The predicted molar refractivity (Wildman–Crippen MR) is 69.3 cm³/mol. The summed E-state index contributed by atoms with van der Waals surface area (Å²) in [6.45, 7) is 0. The van der Waals surface area contributed by atoms with E-state index < -0.39 is 17.5 Å². The van der Waals surface area contributed by atoms with Crippen LogP contribution in [0.4, 0.5) is 19.1 Å². The third kappa shape index (κ3) is 2.37. The fourth-order valence-corrected chi connectivity index (χ4v) is 2.55. The van der Waals surface area contributed by atoms with E-state index in [1.165, 1.54) is 10.8 Å². The van der Waals surface area contributed by atoms with Crippen molar-refractivity contribution in [2.24, 2.45) is 0 Å². The van der Waals surface area contributed by atoms with Crippen molar-refractivity contribution in [1.29, 1.82) is 0 Å². The van der Waals surface area contributed by atoms with Crippen molar-refractivity contribution >= 4 is 5.95 Å². The number of hydrogen-bond donors (Lipinski definition) is 1. The van der Waals surface area contributed by atoms with E-state index in [1.54, 1.807) is 6.20 Å². The molecule has 1 saturated carbocycles. The van der Waals surface area contributed by atoms with Gasteiger partial charge in [-0.15, -0.1) is 0 Å². The minimum absolute atomic E-state index is 0.208. The zero-order chi connectivity index (χ0) is 14.1. The number of rotatable bonds is 3. The van der Waals surface area contributed by atoms with Crippen LogP contribution in [0.3, 0.4) is 0 Å². The van der Waals surface area contributed by atoms with E-state index in [9.17, 15) is 13.2 Å². The summed E-state index contributed by atoms with van der Waals surface area (Å²) in [6, 6.07) is 2.24. The van der Waals surface area contributed by atoms with E-state index >= 15 is 0 Å². The quantitative estimate of drug-likeness (QED) is 0.870. The first-order chi connectivity index (χ1) is 9.65. The Morgan fingerprint density at radius 3 is 2.40 bits per heavy atom. The van der Waals surface area contributed by atoms with Gasteiger partial charge in [-0.1, -0.05) is 12.8 Å².